The molecule has 0 amide bonds. The number of hydrogen-bond donors (Lipinski definition) is 0. The van der Waals surface area contributed by atoms with E-state index in [1.165, 1.54) is 0 Å². The molecule has 0 aromatic rings. The Kier molecular flexibility index (Phi) is 4.50. The molecule has 1 saturated heterocycles. The molecule has 1 unspecified atom stereocenters. The predicted octanol–water partition coefficient (Wildman–Crippen LogP) is 2.45. The second-order valence-corrected chi connectivity index (χ2v) is 4.26. The van der Waals surface area contributed by atoms with Crippen LogP contribution >= 0.6 is 11.6 Å². The van der Waals surface area contributed by atoms with Crippen LogP contribution in [-0.2, 0) is 9.47 Å². The lowest BCUT2D eigenvalue weighted by Crippen LogP contribution is -2.34. The van der Waals surface area contributed by atoms with E-state index in [1.54, 1.807) is 7.11 Å². The van der Waals surface area contributed by atoms with E-state index in [2.05, 4.69) is 6.92 Å². The third-order valence-electron chi connectivity index (χ3n) is 2.96. The molecule has 1 atom stereocenters. The Morgan fingerprint density at radius 2 is 2.08 bits per heavy atom. The van der Waals surface area contributed by atoms with Crippen LogP contribution in [0.25, 0.3) is 0 Å². The second kappa shape index (κ2) is 5.18. The zero-order valence-corrected chi connectivity index (χ0v) is 9.27. The molecule has 3 heteroatoms. The predicted molar refractivity (Wildman–Crippen MR) is 54.3 cm³/mol. The monoisotopic (exact) mass is 206 g/mol. The molecule has 0 aromatic carbocycles. The van der Waals surface area contributed by atoms with Crippen molar-refractivity contribution in [1.29, 1.82) is 0 Å². The highest BCUT2D eigenvalue weighted by Crippen LogP contribution is 2.36. The topological polar surface area (TPSA) is 18.5 Å². The van der Waals surface area contributed by atoms with E-state index in [0.717, 1.165) is 38.4 Å². The Labute approximate surface area is 85.5 Å². The SMILES string of the molecule is COC(C)CC1(CCl)CCOCC1. The average Bonchev–Trinajstić information content (AvgIpc) is 2.19. The molecule has 0 aromatic heterocycles. The summed E-state index contributed by atoms with van der Waals surface area (Å²) in [5.41, 5.74) is 0.259. The maximum atomic E-state index is 6.03. The van der Waals surface area contributed by atoms with Gasteiger partial charge < -0.3 is 9.47 Å². The van der Waals surface area contributed by atoms with Gasteiger partial charge in [0, 0.05) is 26.2 Å². The Morgan fingerprint density at radius 3 is 2.54 bits per heavy atom. The summed E-state index contributed by atoms with van der Waals surface area (Å²) in [6, 6.07) is 0. The average molecular weight is 207 g/mol. The minimum absolute atomic E-state index is 0.259. The van der Waals surface area contributed by atoms with Gasteiger partial charge in [0.15, 0.2) is 0 Å². The summed E-state index contributed by atoms with van der Waals surface area (Å²) in [6.45, 7) is 3.80. The second-order valence-electron chi connectivity index (χ2n) is 4.00. The Bertz CT molecular complexity index is 144. The van der Waals surface area contributed by atoms with Crippen LogP contribution in [0.3, 0.4) is 0 Å². The molecule has 0 aliphatic carbocycles. The lowest BCUT2D eigenvalue weighted by Gasteiger charge is -2.37. The van der Waals surface area contributed by atoms with Crippen LogP contribution in [0.1, 0.15) is 26.2 Å². The molecule has 0 bridgehead atoms. The van der Waals surface area contributed by atoms with Crippen molar-refractivity contribution in [2.45, 2.75) is 32.3 Å². The van der Waals surface area contributed by atoms with Crippen molar-refractivity contribution in [3.63, 3.8) is 0 Å². The van der Waals surface area contributed by atoms with E-state index in [-0.39, 0.29) is 5.41 Å². The summed E-state index contributed by atoms with van der Waals surface area (Å²) in [4.78, 5) is 0. The van der Waals surface area contributed by atoms with Crippen molar-refractivity contribution in [2.75, 3.05) is 26.2 Å². The fraction of sp³-hybridized carbons (Fsp3) is 1.00. The van der Waals surface area contributed by atoms with Crippen LogP contribution in [0.15, 0.2) is 0 Å². The van der Waals surface area contributed by atoms with Gasteiger partial charge in [-0.05, 0) is 31.6 Å². The van der Waals surface area contributed by atoms with Gasteiger partial charge in [-0.15, -0.1) is 11.6 Å². The van der Waals surface area contributed by atoms with E-state index in [0.29, 0.717) is 6.10 Å². The van der Waals surface area contributed by atoms with Crippen LogP contribution in [0, 0.1) is 5.41 Å². The zero-order valence-electron chi connectivity index (χ0n) is 8.51. The molecule has 0 spiro atoms. The van der Waals surface area contributed by atoms with Crippen LogP contribution in [-0.4, -0.2) is 32.3 Å². The van der Waals surface area contributed by atoms with Crippen molar-refractivity contribution >= 4 is 11.6 Å². The fourth-order valence-electron chi connectivity index (χ4n) is 1.89. The molecule has 1 heterocycles. The van der Waals surface area contributed by atoms with E-state index in [1.807, 2.05) is 0 Å². The van der Waals surface area contributed by atoms with Crippen LogP contribution in [0.5, 0.6) is 0 Å². The normalized spacial score (nSPS) is 24.2. The lowest BCUT2D eigenvalue weighted by molar-refractivity contribution is -0.00827. The smallest absolute Gasteiger partial charge is 0.0549 e. The first-order chi connectivity index (χ1) is 6.22. The Hall–Kier alpha value is 0.210. The number of methoxy groups -OCH3 is 1. The van der Waals surface area contributed by atoms with Gasteiger partial charge in [-0.1, -0.05) is 0 Å². The number of ether oxygens (including phenoxy) is 2. The standard InChI is InChI=1S/C10H19ClO2/c1-9(12-2)7-10(8-11)3-5-13-6-4-10/h9H,3-8H2,1-2H3. The number of hydrogen-bond acceptors (Lipinski definition) is 2. The number of alkyl halides is 1. The molecule has 0 N–H and O–H groups in total. The molecule has 1 fully saturated rings. The molecular formula is C10H19ClO2. The minimum atomic E-state index is 0.259. The lowest BCUT2D eigenvalue weighted by atomic mass is 9.77. The largest absolute Gasteiger partial charge is 0.382 e. The maximum absolute atomic E-state index is 6.03. The van der Waals surface area contributed by atoms with Gasteiger partial charge in [0.2, 0.25) is 0 Å². The van der Waals surface area contributed by atoms with Crippen molar-refractivity contribution < 1.29 is 9.47 Å². The summed E-state index contributed by atoms with van der Waals surface area (Å²) in [6.07, 6.45) is 3.50. The summed E-state index contributed by atoms with van der Waals surface area (Å²) >= 11 is 6.03. The van der Waals surface area contributed by atoms with Gasteiger partial charge in [0.05, 0.1) is 6.10 Å². The molecular weight excluding hydrogens is 188 g/mol. The highest BCUT2D eigenvalue weighted by molar-refractivity contribution is 6.18. The number of rotatable bonds is 4. The molecule has 0 saturated carbocycles. The quantitative estimate of drug-likeness (QED) is 0.658. The van der Waals surface area contributed by atoms with E-state index in [9.17, 15) is 0 Å². The molecule has 1 aliphatic rings. The highest BCUT2D eigenvalue weighted by atomic mass is 35.5. The zero-order chi connectivity index (χ0) is 9.73. The molecule has 2 nitrogen and oxygen atoms in total. The number of halogens is 1. The van der Waals surface area contributed by atoms with E-state index < -0.39 is 0 Å². The van der Waals surface area contributed by atoms with Gasteiger partial charge in [-0.3, -0.25) is 0 Å². The van der Waals surface area contributed by atoms with Crippen molar-refractivity contribution in [1.82, 2.24) is 0 Å². The molecule has 1 aliphatic heterocycles. The van der Waals surface area contributed by atoms with Crippen molar-refractivity contribution in [3.8, 4) is 0 Å². The molecule has 13 heavy (non-hydrogen) atoms. The van der Waals surface area contributed by atoms with Gasteiger partial charge >= 0.3 is 0 Å². The van der Waals surface area contributed by atoms with Crippen molar-refractivity contribution in [2.24, 2.45) is 5.41 Å². The van der Waals surface area contributed by atoms with E-state index in [4.69, 9.17) is 21.1 Å². The summed E-state index contributed by atoms with van der Waals surface area (Å²) in [5, 5.41) is 0. The van der Waals surface area contributed by atoms with E-state index >= 15 is 0 Å². The van der Waals surface area contributed by atoms with Crippen LogP contribution in [0.2, 0.25) is 0 Å². The Morgan fingerprint density at radius 1 is 1.46 bits per heavy atom. The van der Waals surface area contributed by atoms with Crippen LogP contribution < -0.4 is 0 Å². The van der Waals surface area contributed by atoms with Gasteiger partial charge in [0.25, 0.3) is 0 Å². The highest BCUT2D eigenvalue weighted by Gasteiger charge is 2.33. The third kappa shape index (κ3) is 3.12. The molecule has 0 radical (unpaired) electrons. The molecule has 1 rings (SSSR count). The minimum Gasteiger partial charge on any atom is -0.382 e. The molecule has 78 valence electrons. The Balaban J connectivity index is 2.47. The first-order valence-electron chi connectivity index (χ1n) is 4.89. The van der Waals surface area contributed by atoms with Crippen LogP contribution in [0.4, 0.5) is 0 Å². The third-order valence-corrected chi connectivity index (χ3v) is 3.53. The first kappa shape index (κ1) is 11.3. The maximum Gasteiger partial charge on any atom is 0.0549 e. The van der Waals surface area contributed by atoms with Gasteiger partial charge in [-0.2, -0.15) is 0 Å². The summed E-state index contributed by atoms with van der Waals surface area (Å²) < 4.78 is 10.6. The van der Waals surface area contributed by atoms with Crippen molar-refractivity contribution in [3.05, 3.63) is 0 Å². The fourth-order valence-corrected chi connectivity index (χ4v) is 2.27. The van der Waals surface area contributed by atoms with Gasteiger partial charge in [0.1, 0.15) is 0 Å². The summed E-state index contributed by atoms with van der Waals surface area (Å²) in [5.74, 6) is 0.726. The summed E-state index contributed by atoms with van der Waals surface area (Å²) in [7, 11) is 1.76. The van der Waals surface area contributed by atoms with Gasteiger partial charge in [-0.25, -0.2) is 0 Å². The first-order valence-corrected chi connectivity index (χ1v) is 5.42.